The lowest BCUT2D eigenvalue weighted by atomic mass is 10.1. The number of anilines is 2. The zero-order valence-corrected chi connectivity index (χ0v) is 18.4. The molecule has 0 heterocycles. The van der Waals surface area contributed by atoms with Gasteiger partial charge in [0.05, 0.1) is 21.3 Å². The Balaban J connectivity index is 1.73. The summed E-state index contributed by atoms with van der Waals surface area (Å²) in [5.41, 5.74) is 0.610. The van der Waals surface area contributed by atoms with E-state index in [9.17, 15) is 13.2 Å². The van der Waals surface area contributed by atoms with Crippen molar-refractivity contribution in [2.45, 2.75) is 30.6 Å². The number of thiocarbonyl (C=S) groups is 1. The number of carbonyl (C=O) groups is 1. The predicted octanol–water partition coefficient (Wildman–Crippen LogP) is 4.80. The van der Waals surface area contributed by atoms with Crippen LogP contribution in [-0.2, 0) is 14.8 Å². The van der Waals surface area contributed by atoms with Crippen molar-refractivity contribution in [2.75, 3.05) is 10.0 Å². The first-order valence-corrected chi connectivity index (χ1v) is 11.6. The Kier molecular flexibility index (Phi) is 7.00. The Morgan fingerprint density at radius 3 is 2.48 bits per heavy atom. The Morgan fingerprint density at radius 2 is 1.79 bits per heavy atom. The first-order valence-electron chi connectivity index (χ1n) is 8.94. The topological polar surface area (TPSA) is 87.3 Å². The number of nitrogens with one attached hydrogen (secondary N) is 3. The van der Waals surface area contributed by atoms with Crippen LogP contribution < -0.4 is 15.4 Å². The third-order valence-corrected chi connectivity index (χ3v) is 6.68. The molecule has 1 saturated carbocycles. The van der Waals surface area contributed by atoms with Crippen LogP contribution in [-0.4, -0.2) is 19.4 Å². The standard InChI is InChI=1S/C19H19Cl2N3O3S2/c20-13-6-3-7-14(10-13)24-29(26,27)15-8-9-16(21)17(11-15)22-19(28)23-18(25)12-4-1-2-5-12/h3,6-12,24H,1-2,4-5H2,(H2,22,23,25,28). The van der Waals surface area contributed by atoms with Gasteiger partial charge in [-0.1, -0.05) is 42.1 Å². The Labute approximate surface area is 185 Å². The largest absolute Gasteiger partial charge is 0.331 e. The first kappa shape index (κ1) is 21.8. The maximum absolute atomic E-state index is 12.7. The number of rotatable bonds is 5. The molecule has 3 rings (SSSR count). The SMILES string of the molecule is O=C(NC(=S)Nc1cc(S(=O)(=O)Nc2cccc(Cl)c2)ccc1Cl)C1CCCC1. The molecule has 1 aliphatic rings. The quantitative estimate of drug-likeness (QED) is 0.545. The van der Waals surface area contributed by atoms with E-state index in [2.05, 4.69) is 15.4 Å². The van der Waals surface area contributed by atoms with E-state index in [-0.39, 0.29) is 32.5 Å². The summed E-state index contributed by atoms with van der Waals surface area (Å²) in [5, 5.41) is 6.20. The zero-order chi connectivity index (χ0) is 21.0. The summed E-state index contributed by atoms with van der Waals surface area (Å²) in [6, 6.07) is 10.5. The average Bonchev–Trinajstić information content (AvgIpc) is 3.18. The van der Waals surface area contributed by atoms with Crippen molar-refractivity contribution >= 4 is 67.8 Å². The molecule has 154 valence electrons. The molecule has 10 heteroatoms. The highest BCUT2D eigenvalue weighted by Gasteiger charge is 2.23. The highest BCUT2D eigenvalue weighted by Crippen LogP contribution is 2.28. The van der Waals surface area contributed by atoms with E-state index in [4.69, 9.17) is 35.4 Å². The number of amides is 1. The van der Waals surface area contributed by atoms with Gasteiger partial charge < -0.3 is 10.6 Å². The van der Waals surface area contributed by atoms with E-state index in [1.807, 2.05) is 0 Å². The van der Waals surface area contributed by atoms with Crippen molar-refractivity contribution in [1.29, 1.82) is 0 Å². The fourth-order valence-corrected chi connectivity index (χ4v) is 4.73. The van der Waals surface area contributed by atoms with Gasteiger partial charge in [0.1, 0.15) is 0 Å². The van der Waals surface area contributed by atoms with Crippen molar-refractivity contribution in [3.05, 3.63) is 52.5 Å². The molecule has 6 nitrogen and oxygen atoms in total. The molecule has 0 aliphatic heterocycles. The summed E-state index contributed by atoms with van der Waals surface area (Å²) < 4.78 is 27.8. The van der Waals surface area contributed by atoms with Gasteiger partial charge in [-0.15, -0.1) is 0 Å². The molecule has 29 heavy (non-hydrogen) atoms. The Hall–Kier alpha value is -1.87. The monoisotopic (exact) mass is 471 g/mol. The van der Waals surface area contributed by atoms with Crippen molar-refractivity contribution in [1.82, 2.24) is 5.32 Å². The normalized spacial score (nSPS) is 14.4. The molecule has 1 fully saturated rings. The van der Waals surface area contributed by atoms with Crippen LogP contribution in [0.4, 0.5) is 11.4 Å². The lowest BCUT2D eigenvalue weighted by molar-refractivity contribution is -0.123. The third-order valence-electron chi connectivity index (χ3n) is 4.54. The van der Waals surface area contributed by atoms with Crippen molar-refractivity contribution in [3.63, 3.8) is 0 Å². The van der Waals surface area contributed by atoms with Gasteiger partial charge >= 0.3 is 0 Å². The highest BCUT2D eigenvalue weighted by molar-refractivity contribution is 7.92. The summed E-state index contributed by atoms with van der Waals surface area (Å²) in [6.07, 6.45) is 3.75. The maximum Gasteiger partial charge on any atom is 0.261 e. The molecule has 1 amide bonds. The summed E-state index contributed by atoms with van der Waals surface area (Å²) in [6.45, 7) is 0. The number of carbonyl (C=O) groups excluding carboxylic acids is 1. The second-order valence-corrected chi connectivity index (χ2v) is 9.62. The minimum atomic E-state index is -3.88. The molecule has 3 N–H and O–H groups in total. The molecule has 2 aromatic carbocycles. The van der Waals surface area contributed by atoms with Crippen LogP contribution >= 0.6 is 35.4 Å². The van der Waals surface area contributed by atoms with E-state index >= 15 is 0 Å². The van der Waals surface area contributed by atoms with Crippen LogP contribution in [0.15, 0.2) is 47.4 Å². The number of sulfonamides is 1. The summed E-state index contributed by atoms with van der Waals surface area (Å²) >= 11 is 17.2. The lowest BCUT2D eigenvalue weighted by Crippen LogP contribution is -2.37. The second kappa shape index (κ2) is 9.30. The van der Waals surface area contributed by atoms with Crippen LogP contribution in [0, 0.1) is 5.92 Å². The van der Waals surface area contributed by atoms with E-state index in [0.717, 1.165) is 25.7 Å². The van der Waals surface area contributed by atoms with Gasteiger partial charge in [-0.2, -0.15) is 0 Å². The predicted molar refractivity (Wildman–Crippen MR) is 120 cm³/mol. The van der Waals surface area contributed by atoms with E-state index in [1.165, 1.54) is 24.3 Å². The molecule has 0 saturated heterocycles. The van der Waals surface area contributed by atoms with Gasteiger partial charge in [0, 0.05) is 10.9 Å². The maximum atomic E-state index is 12.7. The summed E-state index contributed by atoms with van der Waals surface area (Å²) in [4.78, 5) is 12.2. The van der Waals surface area contributed by atoms with Crippen LogP contribution in [0.1, 0.15) is 25.7 Å². The minimum Gasteiger partial charge on any atom is -0.331 e. The van der Waals surface area contributed by atoms with E-state index in [1.54, 1.807) is 18.2 Å². The van der Waals surface area contributed by atoms with Crippen LogP contribution in [0.3, 0.4) is 0 Å². The number of hydrogen-bond acceptors (Lipinski definition) is 4. The average molecular weight is 472 g/mol. The molecular weight excluding hydrogens is 453 g/mol. The molecular formula is C19H19Cl2N3O3S2. The second-order valence-electron chi connectivity index (χ2n) is 6.68. The number of halogens is 2. The Morgan fingerprint density at radius 1 is 1.07 bits per heavy atom. The highest BCUT2D eigenvalue weighted by atomic mass is 35.5. The van der Waals surface area contributed by atoms with Crippen LogP contribution in [0.5, 0.6) is 0 Å². The lowest BCUT2D eigenvalue weighted by Gasteiger charge is -2.15. The van der Waals surface area contributed by atoms with Crippen LogP contribution in [0.2, 0.25) is 10.0 Å². The van der Waals surface area contributed by atoms with Crippen molar-refractivity contribution in [2.24, 2.45) is 5.92 Å². The van der Waals surface area contributed by atoms with Gasteiger partial charge in [-0.25, -0.2) is 8.42 Å². The summed E-state index contributed by atoms with van der Waals surface area (Å²) in [5.74, 6) is -0.179. The third kappa shape index (κ3) is 5.82. The van der Waals surface area contributed by atoms with Crippen molar-refractivity contribution in [3.8, 4) is 0 Å². The van der Waals surface area contributed by atoms with Gasteiger partial charge in [0.15, 0.2) is 5.11 Å². The molecule has 0 spiro atoms. The van der Waals surface area contributed by atoms with Crippen LogP contribution in [0.25, 0.3) is 0 Å². The number of benzene rings is 2. The van der Waals surface area contributed by atoms with Gasteiger partial charge in [-0.3, -0.25) is 9.52 Å². The number of hydrogen-bond donors (Lipinski definition) is 3. The molecule has 0 radical (unpaired) electrons. The van der Waals surface area contributed by atoms with E-state index in [0.29, 0.717) is 10.7 Å². The van der Waals surface area contributed by atoms with Gasteiger partial charge in [0.2, 0.25) is 5.91 Å². The molecule has 0 bridgehead atoms. The zero-order valence-electron chi connectivity index (χ0n) is 15.2. The summed E-state index contributed by atoms with van der Waals surface area (Å²) in [7, 11) is -3.88. The van der Waals surface area contributed by atoms with Gasteiger partial charge in [0.25, 0.3) is 10.0 Å². The molecule has 1 aliphatic carbocycles. The molecule has 0 unspecified atom stereocenters. The van der Waals surface area contributed by atoms with E-state index < -0.39 is 10.0 Å². The molecule has 2 aromatic rings. The molecule has 0 aromatic heterocycles. The fraction of sp³-hybridized carbons (Fsp3) is 0.263. The van der Waals surface area contributed by atoms with Gasteiger partial charge in [-0.05, 0) is 61.5 Å². The van der Waals surface area contributed by atoms with Crippen molar-refractivity contribution < 1.29 is 13.2 Å². The Bertz CT molecular complexity index is 1040. The first-order chi connectivity index (χ1) is 13.7. The smallest absolute Gasteiger partial charge is 0.261 e. The fourth-order valence-electron chi connectivity index (χ4n) is 3.09. The molecule has 0 atom stereocenters. The minimum absolute atomic E-state index is 0.0192.